The molecule has 2 saturated carbocycles. The highest BCUT2D eigenvalue weighted by molar-refractivity contribution is 5.87. The Hall–Kier alpha value is -1.35. The number of nitrogens with one attached hydrogen (secondary N) is 1. The molecule has 0 atom stereocenters. The summed E-state index contributed by atoms with van der Waals surface area (Å²) in [5.74, 6) is 0.143. The molecule has 0 spiro atoms. The molecule has 22 heavy (non-hydrogen) atoms. The van der Waals surface area contributed by atoms with Gasteiger partial charge in [0, 0.05) is 11.6 Å². The summed E-state index contributed by atoms with van der Waals surface area (Å²) in [6, 6.07) is 8.82. The van der Waals surface area contributed by atoms with E-state index in [4.69, 9.17) is 5.73 Å². The molecule has 1 aromatic rings. The second-order valence-electron chi connectivity index (χ2n) is 7.82. The van der Waals surface area contributed by atoms with E-state index in [0.29, 0.717) is 6.04 Å². The minimum Gasteiger partial charge on any atom is -0.353 e. The molecule has 0 radical (unpaired) electrons. The molecule has 0 saturated heterocycles. The molecule has 3 heteroatoms. The van der Waals surface area contributed by atoms with Gasteiger partial charge in [-0.3, -0.25) is 4.79 Å². The lowest BCUT2D eigenvalue weighted by Crippen LogP contribution is -2.44. The zero-order valence-corrected chi connectivity index (χ0v) is 13.8. The Morgan fingerprint density at radius 3 is 2.36 bits per heavy atom. The predicted molar refractivity (Wildman–Crippen MR) is 89.7 cm³/mol. The maximum atomic E-state index is 12.6. The minimum absolute atomic E-state index is 0.0386. The summed E-state index contributed by atoms with van der Waals surface area (Å²) in [7, 11) is 0. The average Bonchev–Trinajstić information content (AvgIpc) is 2.99. The summed E-state index contributed by atoms with van der Waals surface area (Å²) in [4.78, 5) is 12.6. The van der Waals surface area contributed by atoms with Crippen LogP contribution in [0.25, 0.3) is 0 Å². The Kier molecular flexibility index (Phi) is 4.02. The third-order valence-electron chi connectivity index (χ3n) is 5.38. The first-order valence-electron chi connectivity index (χ1n) is 8.58. The molecule has 0 unspecified atom stereocenters. The normalized spacial score (nSPS) is 20.9. The van der Waals surface area contributed by atoms with E-state index < -0.39 is 5.41 Å². The maximum Gasteiger partial charge on any atom is 0.230 e. The van der Waals surface area contributed by atoms with Gasteiger partial charge in [-0.25, -0.2) is 0 Å². The van der Waals surface area contributed by atoms with Crippen molar-refractivity contribution in [1.29, 1.82) is 0 Å². The van der Waals surface area contributed by atoms with Crippen LogP contribution in [0.5, 0.6) is 0 Å². The molecular formula is C19H28N2O. The van der Waals surface area contributed by atoms with Crippen molar-refractivity contribution in [1.82, 2.24) is 5.32 Å². The van der Waals surface area contributed by atoms with E-state index in [0.717, 1.165) is 37.7 Å². The van der Waals surface area contributed by atoms with E-state index in [9.17, 15) is 4.79 Å². The molecule has 3 rings (SSSR count). The van der Waals surface area contributed by atoms with Crippen molar-refractivity contribution in [3.8, 4) is 0 Å². The Bertz CT molecular complexity index is 537. The first-order valence-corrected chi connectivity index (χ1v) is 8.58. The number of amides is 1. The fourth-order valence-corrected chi connectivity index (χ4v) is 3.35. The summed E-state index contributed by atoms with van der Waals surface area (Å²) in [6.45, 7) is 4.02. The highest BCUT2D eigenvalue weighted by atomic mass is 16.2. The standard InChI is InChI=1S/C19H28N2O/c1-18(2,17(22)21-16-5-3-4-6-16)15-9-7-14(8-10-15)13-19(20)11-12-19/h7-10,16H,3-6,11-13,20H2,1-2H3,(H,21,22). The predicted octanol–water partition coefficient (Wildman–Crippen LogP) is 3.06. The SMILES string of the molecule is CC(C)(C(=O)NC1CCCC1)c1ccc(CC2(N)CC2)cc1. The zero-order chi connectivity index (χ0) is 15.8. The molecule has 2 aliphatic carbocycles. The molecule has 0 aliphatic heterocycles. The molecule has 2 aliphatic rings. The largest absolute Gasteiger partial charge is 0.353 e. The first kappa shape index (κ1) is 15.5. The number of hydrogen-bond acceptors (Lipinski definition) is 2. The van der Waals surface area contributed by atoms with Gasteiger partial charge in [0.2, 0.25) is 5.91 Å². The van der Waals surface area contributed by atoms with Crippen LogP contribution in [-0.2, 0) is 16.6 Å². The van der Waals surface area contributed by atoms with Crippen LogP contribution in [0, 0.1) is 0 Å². The number of hydrogen-bond donors (Lipinski definition) is 2. The molecule has 1 amide bonds. The van der Waals surface area contributed by atoms with Crippen LogP contribution in [0.1, 0.15) is 63.5 Å². The highest BCUT2D eigenvalue weighted by Gasteiger charge is 2.38. The molecule has 3 N–H and O–H groups in total. The van der Waals surface area contributed by atoms with Gasteiger partial charge in [0.15, 0.2) is 0 Å². The van der Waals surface area contributed by atoms with Gasteiger partial charge in [0.25, 0.3) is 0 Å². The first-order chi connectivity index (χ1) is 10.4. The van der Waals surface area contributed by atoms with Gasteiger partial charge in [-0.1, -0.05) is 37.1 Å². The van der Waals surface area contributed by atoms with Gasteiger partial charge in [0.1, 0.15) is 0 Å². The average molecular weight is 300 g/mol. The third-order valence-corrected chi connectivity index (χ3v) is 5.38. The van der Waals surface area contributed by atoms with Crippen molar-refractivity contribution in [2.75, 3.05) is 0 Å². The van der Waals surface area contributed by atoms with E-state index in [-0.39, 0.29) is 11.4 Å². The van der Waals surface area contributed by atoms with Crippen molar-refractivity contribution in [2.45, 2.75) is 75.8 Å². The zero-order valence-electron chi connectivity index (χ0n) is 13.8. The van der Waals surface area contributed by atoms with Gasteiger partial charge >= 0.3 is 0 Å². The molecule has 1 aromatic carbocycles. The second-order valence-corrected chi connectivity index (χ2v) is 7.82. The van der Waals surface area contributed by atoms with Gasteiger partial charge in [-0.15, -0.1) is 0 Å². The van der Waals surface area contributed by atoms with Gasteiger partial charge < -0.3 is 11.1 Å². The molecule has 2 fully saturated rings. The molecule has 120 valence electrons. The summed E-state index contributed by atoms with van der Waals surface area (Å²) in [5.41, 5.74) is 8.08. The van der Waals surface area contributed by atoms with Crippen LogP contribution < -0.4 is 11.1 Å². The maximum absolute atomic E-state index is 12.6. The smallest absolute Gasteiger partial charge is 0.230 e. The van der Waals surface area contributed by atoms with Crippen molar-refractivity contribution in [3.63, 3.8) is 0 Å². The number of nitrogens with two attached hydrogens (primary N) is 1. The van der Waals surface area contributed by atoms with E-state index >= 15 is 0 Å². The lowest BCUT2D eigenvalue weighted by Gasteiger charge is -2.26. The van der Waals surface area contributed by atoms with E-state index in [1.807, 2.05) is 13.8 Å². The number of carbonyl (C=O) groups is 1. The monoisotopic (exact) mass is 300 g/mol. The van der Waals surface area contributed by atoms with Crippen molar-refractivity contribution >= 4 is 5.91 Å². The van der Waals surface area contributed by atoms with Gasteiger partial charge in [-0.2, -0.15) is 0 Å². The Morgan fingerprint density at radius 1 is 1.23 bits per heavy atom. The lowest BCUT2D eigenvalue weighted by atomic mass is 9.82. The van der Waals surface area contributed by atoms with Crippen molar-refractivity contribution < 1.29 is 4.79 Å². The highest BCUT2D eigenvalue weighted by Crippen LogP contribution is 2.36. The molecule has 3 nitrogen and oxygen atoms in total. The van der Waals surface area contributed by atoms with E-state index in [2.05, 4.69) is 29.6 Å². The topological polar surface area (TPSA) is 55.1 Å². The van der Waals surface area contributed by atoms with Crippen LogP contribution in [0.4, 0.5) is 0 Å². The van der Waals surface area contributed by atoms with Crippen molar-refractivity contribution in [2.24, 2.45) is 5.73 Å². The van der Waals surface area contributed by atoms with E-state index in [1.165, 1.54) is 18.4 Å². The quantitative estimate of drug-likeness (QED) is 0.878. The second kappa shape index (κ2) is 5.69. The fraction of sp³-hybridized carbons (Fsp3) is 0.632. The summed E-state index contributed by atoms with van der Waals surface area (Å²) >= 11 is 0. The third kappa shape index (κ3) is 3.35. The number of rotatable bonds is 5. The lowest BCUT2D eigenvalue weighted by molar-refractivity contribution is -0.126. The summed E-state index contributed by atoms with van der Waals surface area (Å²) < 4.78 is 0. The van der Waals surface area contributed by atoms with Gasteiger partial charge in [0.05, 0.1) is 5.41 Å². The summed E-state index contributed by atoms with van der Waals surface area (Å²) in [5, 5.41) is 3.22. The van der Waals surface area contributed by atoms with Crippen LogP contribution in [0.15, 0.2) is 24.3 Å². The Morgan fingerprint density at radius 2 is 1.82 bits per heavy atom. The molecule has 0 heterocycles. The molecule has 0 bridgehead atoms. The molecule has 0 aromatic heterocycles. The Labute approximate surface area is 133 Å². The number of carbonyl (C=O) groups excluding carboxylic acids is 1. The Balaban J connectivity index is 1.66. The molecular weight excluding hydrogens is 272 g/mol. The number of benzene rings is 1. The van der Waals surface area contributed by atoms with E-state index in [1.54, 1.807) is 0 Å². The summed E-state index contributed by atoms with van der Waals surface area (Å²) in [6.07, 6.45) is 7.93. The van der Waals surface area contributed by atoms with Crippen LogP contribution in [-0.4, -0.2) is 17.5 Å². The van der Waals surface area contributed by atoms with Crippen LogP contribution in [0.3, 0.4) is 0 Å². The minimum atomic E-state index is -0.485. The fourth-order valence-electron chi connectivity index (χ4n) is 3.35. The van der Waals surface area contributed by atoms with Crippen LogP contribution >= 0.6 is 0 Å². The van der Waals surface area contributed by atoms with Gasteiger partial charge in [-0.05, 0) is 57.1 Å². The van der Waals surface area contributed by atoms with Crippen molar-refractivity contribution in [3.05, 3.63) is 35.4 Å². The van der Waals surface area contributed by atoms with Crippen LogP contribution in [0.2, 0.25) is 0 Å².